The number of nitrogens with zero attached hydrogens (tertiary/aromatic N) is 2. The number of ether oxygens (including phenoxy) is 1. The van der Waals surface area contributed by atoms with Crippen molar-refractivity contribution >= 4 is 16.9 Å². The second kappa shape index (κ2) is 7.77. The van der Waals surface area contributed by atoms with Gasteiger partial charge in [0.25, 0.3) is 0 Å². The largest absolute Gasteiger partial charge is 0.464 e. The van der Waals surface area contributed by atoms with E-state index in [9.17, 15) is 4.79 Å². The van der Waals surface area contributed by atoms with Crippen molar-refractivity contribution in [3.05, 3.63) is 36.1 Å². The Balaban J connectivity index is 1.34. The number of para-hydroxylation sites is 1. The molecule has 1 aromatic heterocycles. The zero-order valence-corrected chi connectivity index (χ0v) is 17.4. The van der Waals surface area contributed by atoms with Gasteiger partial charge in [-0.2, -0.15) is 0 Å². The van der Waals surface area contributed by atoms with Gasteiger partial charge in [0.05, 0.1) is 18.3 Å². The Kier molecular flexibility index (Phi) is 5.12. The summed E-state index contributed by atoms with van der Waals surface area (Å²) in [5.41, 5.74) is 1.90. The third kappa shape index (κ3) is 3.59. The fourth-order valence-electron chi connectivity index (χ4n) is 5.88. The molecule has 1 spiro atoms. The molecule has 29 heavy (non-hydrogen) atoms. The van der Waals surface area contributed by atoms with Gasteiger partial charge in [-0.15, -0.1) is 0 Å². The van der Waals surface area contributed by atoms with Crippen molar-refractivity contribution < 1.29 is 13.9 Å². The maximum Gasteiger partial charge on any atom is 0.227 e. The first-order chi connectivity index (χ1) is 14.2. The zero-order chi connectivity index (χ0) is 19.8. The topological polar surface area (TPSA) is 45.9 Å². The van der Waals surface area contributed by atoms with E-state index >= 15 is 0 Å². The summed E-state index contributed by atoms with van der Waals surface area (Å²) in [4.78, 5) is 17.9. The van der Waals surface area contributed by atoms with Gasteiger partial charge in [0, 0.05) is 36.7 Å². The van der Waals surface area contributed by atoms with Crippen LogP contribution in [0.15, 0.2) is 34.9 Å². The maximum atomic E-state index is 13.3. The first-order valence-corrected chi connectivity index (χ1v) is 11.2. The third-order valence-corrected chi connectivity index (χ3v) is 7.51. The van der Waals surface area contributed by atoms with Crippen LogP contribution in [0.1, 0.15) is 50.5 Å². The second-order valence-corrected chi connectivity index (χ2v) is 9.19. The third-order valence-electron chi connectivity index (χ3n) is 7.51. The lowest BCUT2D eigenvalue weighted by Gasteiger charge is -2.48. The molecule has 3 atom stereocenters. The summed E-state index contributed by atoms with van der Waals surface area (Å²) in [5.74, 6) is 0.189. The van der Waals surface area contributed by atoms with Crippen LogP contribution in [0.5, 0.6) is 0 Å². The van der Waals surface area contributed by atoms with E-state index in [2.05, 4.69) is 4.90 Å². The van der Waals surface area contributed by atoms with Crippen LogP contribution in [-0.2, 0) is 16.0 Å². The van der Waals surface area contributed by atoms with E-state index in [0.717, 1.165) is 55.5 Å². The van der Waals surface area contributed by atoms with Gasteiger partial charge in [-0.05, 0) is 64.1 Å². The number of carbonyl (C=O) groups excluding carboxylic acids is 1. The van der Waals surface area contributed by atoms with Crippen molar-refractivity contribution in [2.45, 2.75) is 69.1 Å². The molecule has 3 aliphatic rings. The van der Waals surface area contributed by atoms with Crippen LogP contribution in [-0.4, -0.2) is 60.1 Å². The molecule has 1 saturated carbocycles. The summed E-state index contributed by atoms with van der Waals surface area (Å²) in [5, 5.41) is 1.05. The minimum atomic E-state index is 0.0639. The molecule has 3 heterocycles. The van der Waals surface area contributed by atoms with Gasteiger partial charge in [-0.1, -0.05) is 18.2 Å². The number of carbonyl (C=O) groups is 1. The normalized spacial score (nSPS) is 30.4. The van der Waals surface area contributed by atoms with Crippen LogP contribution >= 0.6 is 0 Å². The van der Waals surface area contributed by atoms with E-state index in [-0.39, 0.29) is 17.6 Å². The van der Waals surface area contributed by atoms with Crippen molar-refractivity contribution in [2.24, 2.45) is 0 Å². The second-order valence-electron chi connectivity index (χ2n) is 9.19. The van der Waals surface area contributed by atoms with Crippen LogP contribution in [0.25, 0.3) is 11.0 Å². The molecule has 0 unspecified atom stereocenters. The number of amides is 1. The summed E-state index contributed by atoms with van der Waals surface area (Å²) in [7, 11) is 2.01. The molecule has 0 bridgehead atoms. The Bertz CT molecular complexity index is 864. The van der Waals surface area contributed by atoms with Gasteiger partial charge in [0.2, 0.25) is 5.91 Å². The molecule has 5 heteroatoms. The molecule has 2 aliphatic heterocycles. The van der Waals surface area contributed by atoms with Gasteiger partial charge in [0.15, 0.2) is 0 Å². The smallest absolute Gasteiger partial charge is 0.227 e. The summed E-state index contributed by atoms with van der Waals surface area (Å²) in [6, 6.07) is 8.65. The number of fused-ring (bicyclic) bond motifs is 1. The standard InChI is InChI=1S/C24H32N2O3/c1-25(23(27)15-18-17-28-22-8-3-2-7-19(18)22)20-9-11-24(10-6-14-29-24)16-21(20)26-12-4-5-13-26/h2-3,7-8,17,20-21H,4-6,9-16H2,1H3/t20-,21-,24-/m0/s1. The van der Waals surface area contributed by atoms with E-state index in [4.69, 9.17) is 9.15 Å². The fraction of sp³-hybridized carbons (Fsp3) is 0.625. The van der Waals surface area contributed by atoms with E-state index in [1.807, 2.05) is 36.2 Å². The highest BCUT2D eigenvalue weighted by molar-refractivity contribution is 5.87. The average molecular weight is 397 g/mol. The lowest BCUT2D eigenvalue weighted by molar-refractivity contribution is -0.136. The van der Waals surface area contributed by atoms with E-state index in [1.54, 1.807) is 6.26 Å². The zero-order valence-electron chi connectivity index (χ0n) is 17.4. The minimum Gasteiger partial charge on any atom is -0.464 e. The number of hydrogen-bond donors (Lipinski definition) is 0. The van der Waals surface area contributed by atoms with Crippen LogP contribution in [0, 0.1) is 0 Å². The molecule has 1 aromatic carbocycles. The number of furan rings is 1. The molecule has 1 aliphatic carbocycles. The molecule has 156 valence electrons. The van der Waals surface area contributed by atoms with Crippen molar-refractivity contribution in [2.75, 3.05) is 26.7 Å². The van der Waals surface area contributed by atoms with Crippen LogP contribution in [0.4, 0.5) is 0 Å². The Morgan fingerprint density at radius 3 is 2.83 bits per heavy atom. The average Bonchev–Trinajstić information content (AvgIpc) is 3.50. The van der Waals surface area contributed by atoms with E-state index in [0.29, 0.717) is 12.5 Å². The van der Waals surface area contributed by atoms with Gasteiger partial charge in [0.1, 0.15) is 5.58 Å². The molecule has 0 radical (unpaired) electrons. The quantitative estimate of drug-likeness (QED) is 0.784. The van der Waals surface area contributed by atoms with Gasteiger partial charge < -0.3 is 14.1 Å². The predicted molar refractivity (Wildman–Crippen MR) is 113 cm³/mol. The van der Waals surface area contributed by atoms with Gasteiger partial charge >= 0.3 is 0 Å². The SMILES string of the molecule is CN(C(=O)Cc1coc2ccccc12)[C@H]1CC[C@@]2(CCCO2)C[C@@H]1N1CCCC1. The van der Waals surface area contributed by atoms with Crippen molar-refractivity contribution in [3.63, 3.8) is 0 Å². The molecule has 1 amide bonds. The number of rotatable bonds is 4. The lowest BCUT2D eigenvalue weighted by atomic mass is 9.76. The maximum absolute atomic E-state index is 13.3. The highest BCUT2D eigenvalue weighted by atomic mass is 16.5. The number of benzene rings is 1. The Morgan fingerprint density at radius 2 is 2.03 bits per heavy atom. The first-order valence-electron chi connectivity index (χ1n) is 11.2. The molecule has 5 rings (SSSR count). The molecular formula is C24H32N2O3. The van der Waals surface area contributed by atoms with E-state index < -0.39 is 0 Å². The number of likely N-dealkylation sites (N-methyl/N-ethyl adjacent to an activating group) is 1. The fourth-order valence-corrected chi connectivity index (χ4v) is 5.88. The Morgan fingerprint density at radius 1 is 1.21 bits per heavy atom. The Hall–Kier alpha value is -1.85. The van der Waals surface area contributed by atoms with Crippen molar-refractivity contribution in [3.8, 4) is 0 Å². The molecule has 2 saturated heterocycles. The van der Waals surface area contributed by atoms with Crippen LogP contribution in [0.3, 0.4) is 0 Å². The summed E-state index contributed by atoms with van der Waals surface area (Å²) in [6.45, 7) is 3.22. The molecule has 2 aromatic rings. The molecule has 0 N–H and O–H groups in total. The van der Waals surface area contributed by atoms with E-state index in [1.165, 1.54) is 25.7 Å². The molecule has 5 nitrogen and oxygen atoms in total. The summed E-state index contributed by atoms with van der Waals surface area (Å²) < 4.78 is 11.9. The van der Waals surface area contributed by atoms with Crippen molar-refractivity contribution in [1.29, 1.82) is 0 Å². The van der Waals surface area contributed by atoms with Crippen LogP contribution in [0.2, 0.25) is 0 Å². The first kappa shape index (κ1) is 19.1. The summed E-state index contributed by atoms with van der Waals surface area (Å²) in [6.07, 6.45) is 10.2. The summed E-state index contributed by atoms with van der Waals surface area (Å²) >= 11 is 0. The predicted octanol–water partition coefficient (Wildman–Crippen LogP) is 4.00. The van der Waals surface area contributed by atoms with Gasteiger partial charge in [-0.25, -0.2) is 0 Å². The lowest BCUT2D eigenvalue weighted by Crippen LogP contribution is -2.58. The monoisotopic (exact) mass is 396 g/mol. The van der Waals surface area contributed by atoms with Crippen molar-refractivity contribution in [1.82, 2.24) is 9.80 Å². The highest BCUT2D eigenvalue weighted by Crippen LogP contribution is 2.43. The number of likely N-dealkylation sites (tertiary alicyclic amines) is 1. The van der Waals surface area contributed by atoms with Crippen LogP contribution < -0.4 is 0 Å². The number of hydrogen-bond acceptors (Lipinski definition) is 4. The highest BCUT2D eigenvalue weighted by Gasteiger charge is 2.47. The Labute approximate surface area is 173 Å². The molecular weight excluding hydrogens is 364 g/mol. The minimum absolute atomic E-state index is 0.0639. The van der Waals surface area contributed by atoms with Gasteiger partial charge in [-0.3, -0.25) is 9.69 Å². The molecule has 3 fully saturated rings.